The highest BCUT2D eigenvalue weighted by Crippen LogP contribution is 2.12. The number of carbonyl (C=O) groups excluding carboxylic acids is 1. The predicted octanol–water partition coefficient (Wildman–Crippen LogP) is 3.05. The van der Waals surface area contributed by atoms with E-state index in [1.165, 1.54) is 12.7 Å². The highest BCUT2D eigenvalue weighted by atomic mass is 19.1. The van der Waals surface area contributed by atoms with Crippen LogP contribution in [-0.4, -0.2) is 37.7 Å². The van der Waals surface area contributed by atoms with Crippen LogP contribution in [-0.2, 0) is 16.1 Å². The first-order chi connectivity index (χ1) is 9.69. The van der Waals surface area contributed by atoms with Gasteiger partial charge in [-0.25, -0.2) is 0 Å². The third-order valence-corrected chi connectivity index (χ3v) is 3.21. The first-order valence-corrected chi connectivity index (χ1v) is 7.08. The molecule has 1 atom stereocenters. The van der Waals surface area contributed by atoms with Crippen molar-refractivity contribution in [1.29, 1.82) is 0 Å². The molecule has 0 heterocycles. The Bertz CT molecular complexity index is 383. The Labute approximate surface area is 120 Å². The van der Waals surface area contributed by atoms with Crippen molar-refractivity contribution in [2.24, 2.45) is 5.92 Å². The van der Waals surface area contributed by atoms with Gasteiger partial charge in [-0.2, -0.15) is 0 Å². The molecule has 0 unspecified atom stereocenters. The number of carbonyl (C=O) groups is 1. The molecule has 20 heavy (non-hydrogen) atoms. The second-order valence-electron chi connectivity index (χ2n) is 5.02. The summed E-state index contributed by atoms with van der Waals surface area (Å²) in [6, 6.07) is 10.1. The van der Waals surface area contributed by atoms with E-state index in [0.29, 0.717) is 6.54 Å². The number of benzene rings is 1. The summed E-state index contributed by atoms with van der Waals surface area (Å²) in [7, 11) is 1.34. The molecule has 0 aromatic heterocycles. The van der Waals surface area contributed by atoms with Crippen LogP contribution in [0.25, 0.3) is 0 Å². The standard InChI is InChI=1S/C16H24FNO2/c1-3-9-18(12-14-7-5-4-6-8-14)13-15(11-17)10-16(19)20-2/h4-8,15H,3,9-13H2,1-2H3/t15-/m1/s1. The maximum absolute atomic E-state index is 13.1. The lowest BCUT2D eigenvalue weighted by Crippen LogP contribution is -2.32. The maximum Gasteiger partial charge on any atom is 0.305 e. The largest absolute Gasteiger partial charge is 0.469 e. The zero-order chi connectivity index (χ0) is 14.8. The molecule has 0 aliphatic carbocycles. The quantitative estimate of drug-likeness (QED) is 0.652. The van der Waals surface area contributed by atoms with E-state index >= 15 is 0 Å². The van der Waals surface area contributed by atoms with Crippen LogP contribution in [0.4, 0.5) is 4.39 Å². The Morgan fingerprint density at radius 2 is 2.05 bits per heavy atom. The van der Waals surface area contributed by atoms with Crippen LogP contribution in [0.15, 0.2) is 30.3 Å². The van der Waals surface area contributed by atoms with Gasteiger partial charge in [-0.1, -0.05) is 37.3 Å². The Hall–Kier alpha value is -1.42. The molecule has 3 nitrogen and oxygen atoms in total. The van der Waals surface area contributed by atoms with E-state index < -0.39 is 6.67 Å². The Morgan fingerprint density at radius 1 is 1.35 bits per heavy atom. The average molecular weight is 281 g/mol. The fourth-order valence-corrected chi connectivity index (χ4v) is 2.24. The number of alkyl halides is 1. The minimum absolute atomic E-state index is 0.141. The van der Waals surface area contributed by atoms with Crippen molar-refractivity contribution in [2.75, 3.05) is 26.9 Å². The Kier molecular flexibility index (Phi) is 7.88. The fourth-order valence-electron chi connectivity index (χ4n) is 2.24. The molecule has 0 saturated carbocycles. The molecular weight excluding hydrogens is 257 g/mol. The number of rotatable bonds is 9. The van der Waals surface area contributed by atoms with Crippen LogP contribution in [0, 0.1) is 5.92 Å². The number of ether oxygens (including phenoxy) is 1. The van der Waals surface area contributed by atoms with Gasteiger partial charge in [0, 0.05) is 19.0 Å². The highest BCUT2D eigenvalue weighted by Gasteiger charge is 2.18. The normalized spacial score (nSPS) is 12.4. The summed E-state index contributed by atoms with van der Waals surface area (Å²) < 4.78 is 17.7. The van der Waals surface area contributed by atoms with E-state index in [-0.39, 0.29) is 18.3 Å². The van der Waals surface area contributed by atoms with E-state index in [9.17, 15) is 9.18 Å². The summed E-state index contributed by atoms with van der Waals surface area (Å²) in [5.74, 6) is -0.637. The van der Waals surface area contributed by atoms with Gasteiger partial charge >= 0.3 is 5.97 Å². The van der Waals surface area contributed by atoms with Gasteiger partial charge in [-0.15, -0.1) is 0 Å². The third kappa shape index (κ3) is 6.15. The maximum atomic E-state index is 13.1. The molecule has 4 heteroatoms. The number of halogens is 1. The zero-order valence-corrected chi connectivity index (χ0v) is 12.3. The van der Waals surface area contributed by atoms with Crippen LogP contribution in [0.3, 0.4) is 0 Å². The molecule has 1 rings (SSSR count). The average Bonchev–Trinajstić information content (AvgIpc) is 2.47. The summed E-state index contributed by atoms with van der Waals surface area (Å²) in [5.41, 5.74) is 1.21. The Balaban J connectivity index is 2.58. The third-order valence-electron chi connectivity index (χ3n) is 3.21. The van der Waals surface area contributed by atoms with Crippen LogP contribution >= 0.6 is 0 Å². The molecule has 0 aliphatic rings. The monoisotopic (exact) mass is 281 g/mol. The van der Waals surface area contributed by atoms with E-state index in [1.54, 1.807) is 0 Å². The van der Waals surface area contributed by atoms with Gasteiger partial charge in [0.15, 0.2) is 0 Å². The molecule has 0 amide bonds. The number of hydrogen-bond acceptors (Lipinski definition) is 3. The van der Waals surface area contributed by atoms with E-state index in [4.69, 9.17) is 0 Å². The molecule has 0 bridgehead atoms. The van der Waals surface area contributed by atoms with Crippen molar-refractivity contribution in [2.45, 2.75) is 26.3 Å². The molecule has 112 valence electrons. The van der Waals surface area contributed by atoms with Crippen LogP contribution in [0.2, 0.25) is 0 Å². The molecule has 0 radical (unpaired) electrons. The van der Waals surface area contributed by atoms with Crippen LogP contribution < -0.4 is 0 Å². The SMILES string of the molecule is CCCN(Cc1ccccc1)C[C@@H](CF)CC(=O)OC. The van der Waals surface area contributed by atoms with Crippen molar-refractivity contribution >= 4 is 5.97 Å². The van der Waals surface area contributed by atoms with Gasteiger partial charge < -0.3 is 4.74 Å². The minimum atomic E-state index is -0.496. The Morgan fingerprint density at radius 3 is 2.60 bits per heavy atom. The lowest BCUT2D eigenvalue weighted by Gasteiger charge is -2.25. The summed E-state index contributed by atoms with van der Waals surface area (Å²) in [6.07, 6.45) is 1.14. The number of esters is 1. The minimum Gasteiger partial charge on any atom is -0.469 e. The summed E-state index contributed by atoms with van der Waals surface area (Å²) in [5, 5.41) is 0. The van der Waals surface area contributed by atoms with Crippen LogP contribution in [0.1, 0.15) is 25.3 Å². The smallest absolute Gasteiger partial charge is 0.305 e. The molecule has 1 aromatic carbocycles. The summed E-state index contributed by atoms with van der Waals surface area (Å²) >= 11 is 0. The van der Waals surface area contributed by atoms with Gasteiger partial charge in [0.2, 0.25) is 0 Å². The molecule has 0 spiro atoms. The molecule has 1 aromatic rings. The van der Waals surface area contributed by atoms with Crippen molar-refractivity contribution < 1.29 is 13.9 Å². The number of hydrogen-bond donors (Lipinski definition) is 0. The predicted molar refractivity (Wildman–Crippen MR) is 78.1 cm³/mol. The summed E-state index contributed by atoms with van der Waals surface area (Å²) in [4.78, 5) is 13.5. The van der Waals surface area contributed by atoms with E-state index in [0.717, 1.165) is 19.5 Å². The first kappa shape index (κ1) is 16.6. The van der Waals surface area contributed by atoms with E-state index in [1.807, 2.05) is 18.2 Å². The van der Waals surface area contributed by atoms with Crippen molar-refractivity contribution in [3.63, 3.8) is 0 Å². The van der Waals surface area contributed by atoms with E-state index in [2.05, 4.69) is 28.7 Å². The van der Waals surface area contributed by atoms with Crippen molar-refractivity contribution in [1.82, 2.24) is 4.90 Å². The second kappa shape index (κ2) is 9.48. The van der Waals surface area contributed by atoms with Gasteiger partial charge in [0.25, 0.3) is 0 Å². The zero-order valence-electron chi connectivity index (χ0n) is 12.3. The second-order valence-corrected chi connectivity index (χ2v) is 5.02. The first-order valence-electron chi connectivity index (χ1n) is 7.08. The topological polar surface area (TPSA) is 29.5 Å². The lowest BCUT2D eigenvalue weighted by atomic mass is 10.1. The molecular formula is C16H24FNO2. The summed E-state index contributed by atoms with van der Waals surface area (Å²) in [6.45, 7) is 3.86. The van der Waals surface area contributed by atoms with Gasteiger partial charge in [-0.3, -0.25) is 14.1 Å². The van der Waals surface area contributed by atoms with Gasteiger partial charge in [-0.05, 0) is 18.5 Å². The van der Waals surface area contributed by atoms with Gasteiger partial charge in [0.05, 0.1) is 20.2 Å². The number of methoxy groups -OCH3 is 1. The highest BCUT2D eigenvalue weighted by molar-refractivity contribution is 5.69. The van der Waals surface area contributed by atoms with Crippen molar-refractivity contribution in [3.05, 3.63) is 35.9 Å². The molecule has 0 fully saturated rings. The van der Waals surface area contributed by atoms with Crippen LogP contribution in [0.5, 0.6) is 0 Å². The fraction of sp³-hybridized carbons (Fsp3) is 0.562. The molecule has 0 aliphatic heterocycles. The number of nitrogens with zero attached hydrogens (tertiary/aromatic N) is 1. The molecule has 0 saturated heterocycles. The van der Waals surface area contributed by atoms with Gasteiger partial charge in [0.1, 0.15) is 0 Å². The lowest BCUT2D eigenvalue weighted by molar-refractivity contribution is -0.142. The van der Waals surface area contributed by atoms with Crippen molar-refractivity contribution in [3.8, 4) is 0 Å². The molecule has 0 N–H and O–H groups in total.